The van der Waals surface area contributed by atoms with E-state index in [1.54, 1.807) is 4.31 Å². The summed E-state index contributed by atoms with van der Waals surface area (Å²) >= 11 is 3.32. The van der Waals surface area contributed by atoms with E-state index in [4.69, 9.17) is 0 Å². The van der Waals surface area contributed by atoms with Crippen LogP contribution in [0.1, 0.15) is 39.0 Å². The number of hydrogen-bond acceptors (Lipinski definition) is 2. The molecule has 1 atom stereocenters. The summed E-state index contributed by atoms with van der Waals surface area (Å²) in [6, 6.07) is -0.00683. The minimum atomic E-state index is -3.27. The van der Waals surface area contributed by atoms with Crippen LogP contribution in [0.25, 0.3) is 0 Å². The molecule has 96 valence electrons. The fraction of sp³-hybridized carbons (Fsp3) is 1.00. The highest BCUT2D eigenvalue weighted by Gasteiger charge is 2.23. The molecule has 1 aliphatic heterocycles. The van der Waals surface area contributed by atoms with Crippen molar-refractivity contribution in [2.24, 2.45) is 0 Å². The van der Waals surface area contributed by atoms with Gasteiger partial charge in [0.05, 0.1) is 0 Å². The minimum absolute atomic E-state index is 0.00683. The topological polar surface area (TPSA) is 49.4 Å². The quantitative estimate of drug-likeness (QED) is 0.788. The van der Waals surface area contributed by atoms with Gasteiger partial charge in [0.15, 0.2) is 0 Å². The summed E-state index contributed by atoms with van der Waals surface area (Å²) in [4.78, 5) is 0. The van der Waals surface area contributed by atoms with Gasteiger partial charge < -0.3 is 0 Å². The van der Waals surface area contributed by atoms with Crippen molar-refractivity contribution < 1.29 is 8.42 Å². The van der Waals surface area contributed by atoms with E-state index >= 15 is 0 Å². The van der Waals surface area contributed by atoms with Crippen molar-refractivity contribution >= 4 is 26.1 Å². The second-order valence-electron chi connectivity index (χ2n) is 4.31. The average Bonchev–Trinajstić information content (AvgIpc) is 2.45. The molecular weight excluding hydrogens is 292 g/mol. The molecule has 1 aliphatic rings. The van der Waals surface area contributed by atoms with Gasteiger partial charge in [0.25, 0.3) is 10.2 Å². The maximum atomic E-state index is 12.0. The third-order valence-corrected chi connectivity index (χ3v) is 5.00. The molecule has 0 bridgehead atoms. The molecule has 1 rings (SSSR count). The van der Waals surface area contributed by atoms with Crippen molar-refractivity contribution in [1.82, 2.24) is 9.03 Å². The van der Waals surface area contributed by atoms with Gasteiger partial charge in [-0.05, 0) is 26.2 Å². The number of nitrogens with zero attached hydrogens (tertiary/aromatic N) is 1. The molecule has 0 aliphatic carbocycles. The van der Waals surface area contributed by atoms with Crippen molar-refractivity contribution in [3.05, 3.63) is 0 Å². The lowest BCUT2D eigenvalue weighted by Crippen LogP contribution is -2.44. The van der Waals surface area contributed by atoms with Crippen LogP contribution in [0.15, 0.2) is 0 Å². The lowest BCUT2D eigenvalue weighted by Gasteiger charge is -2.22. The fourth-order valence-electron chi connectivity index (χ4n) is 1.83. The minimum Gasteiger partial charge on any atom is -0.199 e. The second-order valence-corrected chi connectivity index (χ2v) is 6.81. The average molecular weight is 313 g/mol. The van der Waals surface area contributed by atoms with E-state index in [2.05, 4.69) is 20.7 Å². The molecule has 16 heavy (non-hydrogen) atoms. The van der Waals surface area contributed by atoms with Gasteiger partial charge in [-0.1, -0.05) is 28.8 Å². The van der Waals surface area contributed by atoms with E-state index in [0.717, 1.165) is 37.4 Å². The Morgan fingerprint density at radius 3 is 2.31 bits per heavy atom. The lowest BCUT2D eigenvalue weighted by molar-refractivity contribution is 0.408. The third kappa shape index (κ3) is 4.69. The van der Waals surface area contributed by atoms with E-state index in [0.29, 0.717) is 13.1 Å². The molecule has 1 saturated heterocycles. The molecule has 4 nitrogen and oxygen atoms in total. The highest BCUT2D eigenvalue weighted by Crippen LogP contribution is 2.13. The summed E-state index contributed by atoms with van der Waals surface area (Å²) in [6.45, 7) is 3.23. The first-order chi connectivity index (χ1) is 7.56. The van der Waals surface area contributed by atoms with Crippen LogP contribution in [0, 0.1) is 0 Å². The molecular formula is C10H21BrN2O2S. The summed E-state index contributed by atoms with van der Waals surface area (Å²) in [7, 11) is -3.27. The Morgan fingerprint density at radius 2 is 1.81 bits per heavy atom. The Balaban J connectivity index is 2.54. The van der Waals surface area contributed by atoms with E-state index in [-0.39, 0.29) is 6.04 Å². The van der Waals surface area contributed by atoms with Crippen LogP contribution in [0.5, 0.6) is 0 Å². The normalized spacial score (nSPS) is 21.6. The summed E-state index contributed by atoms with van der Waals surface area (Å²) < 4.78 is 28.4. The monoisotopic (exact) mass is 312 g/mol. The van der Waals surface area contributed by atoms with Crippen molar-refractivity contribution in [3.63, 3.8) is 0 Å². The second kappa shape index (κ2) is 6.93. The molecule has 6 heteroatoms. The van der Waals surface area contributed by atoms with Crippen LogP contribution >= 0.6 is 15.9 Å². The highest BCUT2D eigenvalue weighted by atomic mass is 79.9. The first-order valence-corrected chi connectivity index (χ1v) is 8.46. The molecule has 0 amide bonds. The largest absolute Gasteiger partial charge is 0.279 e. The van der Waals surface area contributed by atoms with Crippen molar-refractivity contribution in [1.29, 1.82) is 0 Å². The first-order valence-electron chi connectivity index (χ1n) is 5.89. The summed E-state index contributed by atoms with van der Waals surface area (Å²) in [5.41, 5.74) is 0. The first kappa shape index (κ1) is 14.4. The van der Waals surface area contributed by atoms with Crippen LogP contribution in [0.2, 0.25) is 0 Å². The summed E-state index contributed by atoms with van der Waals surface area (Å²) in [5.74, 6) is 0. The van der Waals surface area contributed by atoms with Crippen LogP contribution in [-0.4, -0.2) is 37.2 Å². The van der Waals surface area contributed by atoms with Crippen LogP contribution in [-0.2, 0) is 10.2 Å². The number of halogens is 1. The maximum Gasteiger partial charge on any atom is 0.279 e. The van der Waals surface area contributed by atoms with Gasteiger partial charge in [0.2, 0.25) is 0 Å². The van der Waals surface area contributed by atoms with Gasteiger partial charge in [0, 0.05) is 24.5 Å². The Labute approximate surface area is 107 Å². The number of nitrogens with one attached hydrogen (secondary N) is 1. The predicted octanol–water partition coefficient (Wildman–Crippen LogP) is 1.87. The fourth-order valence-corrected chi connectivity index (χ4v) is 4.03. The summed E-state index contributed by atoms with van der Waals surface area (Å²) in [6.07, 6.45) is 5.06. The number of alkyl halides is 1. The third-order valence-electron chi connectivity index (χ3n) is 2.80. The SMILES string of the molecule is CC(CCBr)NS(=O)(=O)N1CCCCCC1. The number of hydrogen-bond donors (Lipinski definition) is 1. The molecule has 1 heterocycles. The molecule has 0 aromatic carbocycles. The van der Waals surface area contributed by atoms with Gasteiger partial charge in [-0.2, -0.15) is 17.4 Å². The van der Waals surface area contributed by atoms with E-state index in [1.807, 2.05) is 6.92 Å². The molecule has 1 N–H and O–H groups in total. The van der Waals surface area contributed by atoms with Crippen LogP contribution < -0.4 is 4.72 Å². The van der Waals surface area contributed by atoms with Gasteiger partial charge in [-0.3, -0.25) is 0 Å². The highest BCUT2D eigenvalue weighted by molar-refractivity contribution is 9.09. The van der Waals surface area contributed by atoms with E-state index < -0.39 is 10.2 Å². The summed E-state index contributed by atoms with van der Waals surface area (Å²) in [5, 5.41) is 0.816. The molecule has 0 spiro atoms. The standard InChI is InChI=1S/C10H21BrN2O2S/c1-10(6-7-11)12-16(14,15)13-8-4-2-3-5-9-13/h10,12H,2-9H2,1H3. The zero-order valence-corrected chi connectivity index (χ0v) is 12.2. The molecule has 1 unspecified atom stereocenters. The zero-order chi connectivity index (χ0) is 12.0. The van der Waals surface area contributed by atoms with E-state index in [1.165, 1.54) is 0 Å². The molecule has 0 radical (unpaired) electrons. The van der Waals surface area contributed by atoms with Gasteiger partial charge >= 0.3 is 0 Å². The Kier molecular flexibility index (Phi) is 6.25. The zero-order valence-electron chi connectivity index (χ0n) is 9.78. The molecule has 0 saturated carbocycles. The van der Waals surface area contributed by atoms with E-state index in [9.17, 15) is 8.42 Å². The lowest BCUT2D eigenvalue weighted by atomic mass is 10.2. The van der Waals surface area contributed by atoms with Gasteiger partial charge in [0.1, 0.15) is 0 Å². The van der Waals surface area contributed by atoms with Crippen molar-refractivity contribution in [3.8, 4) is 0 Å². The van der Waals surface area contributed by atoms with Crippen LogP contribution in [0.4, 0.5) is 0 Å². The predicted molar refractivity (Wildman–Crippen MR) is 70.0 cm³/mol. The number of rotatable bonds is 5. The van der Waals surface area contributed by atoms with Gasteiger partial charge in [-0.15, -0.1) is 0 Å². The van der Waals surface area contributed by atoms with Crippen molar-refractivity contribution in [2.75, 3.05) is 18.4 Å². The Bertz CT molecular complexity index is 287. The Hall–Kier alpha value is 0.350. The Morgan fingerprint density at radius 1 is 1.25 bits per heavy atom. The molecule has 0 aromatic heterocycles. The maximum absolute atomic E-state index is 12.0. The van der Waals surface area contributed by atoms with Gasteiger partial charge in [-0.25, -0.2) is 0 Å². The molecule has 1 fully saturated rings. The van der Waals surface area contributed by atoms with Crippen LogP contribution in [0.3, 0.4) is 0 Å². The van der Waals surface area contributed by atoms with Crippen molar-refractivity contribution in [2.45, 2.75) is 45.1 Å². The smallest absolute Gasteiger partial charge is 0.199 e. The molecule has 0 aromatic rings.